The molecule has 1 aromatic carbocycles. The third-order valence-electron chi connectivity index (χ3n) is 7.32. The van der Waals surface area contributed by atoms with E-state index in [4.69, 9.17) is 32.7 Å². The summed E-state index contributed by atoms with van der Waals surface area (Å²) in [6, 6.07) is 2.83. The van der Waals surface area contributed by atoms with Crippen LogP contribution in [0.2, 0.25) is 10.0 Å². The number of rotatable bonds is 7. The highest BCUT2D eigenvalue weighted by molar-refractivity contribution is 7.89. The molecule has 2 atom stereocenters. The normalized spacial score (nSPS) is 21.0. The maximum absolute atomic E-state index is 15.0. The van der Waals surface area contributed by atoms with Crippen molar-refractivity contribution in [3.8, 4) is 0 Å². The Kier molecular flexibility index (Phi) is 7.45. The molecule has 1 saturated heterocycles. The number of sulfonamides is 1. The number of amides is 1. The van der Waals surface area contributed by atoms with E-state index in [1.54, 1.807) is 0 Å². The largest absolute Gasteiger partial charge is 0.475 e. The number of hydrogen-bond acceptors (Lipinski definition) is 5. The molecule has 2 fully saturated rings. The van der Waals surface area contributed by atoms with Crippen LogP contribution >= 0.6 is 23.2 Å². The number of benzene rings is 1. The van der Waals surface area contributed by atoms with Crippen LogP contribution in [0, 0.1) is 24.1 Å². The van der Waals surface area contributed by atoms with E-state index in [0.717, 1.165) is 36.1 Å². The first-order valence-corrected chi connectivity index (χ1v) is 13.8. The van der Waals surface area contributed by atoms with Gasteiger partial charge in [-0.15, -0.1) is 0 Å². The van der Waals surface area contributed by atoms with Gasteiger partial charge < -0.3 is 14.8 Å². The lowest BCUT2D eigenvalue weighted by molar-refractivity contribution is -0.126. The number of nitrogens with zero attached hydrogens (tertiary/aromatic N) is 1. The van der Waals surface area contributed by atoms with Crippen molar-refractivity contribution in [1.82, 2.24) is 9.62 Å². The molecule has 1 saturated carbocycles. The van der Waals surface area contributed by atoms with Crippen molar-refractivity contribution < 1.29 is 31.9 Å². The van der Waals surface area contributed by atoms with Crippen molar-refractivity contribution in [2.45, 2.75) is 56.9 Å². The molecule has 36 heavy (non-hydrogen) atoms. The molecule has 1 aromatic heterocycles. The molecule has 4 rings (SSSR count). The monoisotopic (exact) mass is 560 g/mol. The molecule has 0 radical (unpaired) electrons. The lowest BCUT2D eigenvalue weighted by Crippen LogP contribution is -2.42. The van der Waals surface area contributed by atoms with Crippen LogP contribution in [0.4, 0.5) is 4.39 Å². The Hall–Kier alpha value is -2.14. The second kappa shape index (κ2) is 9.96. The molecule has 12 heteroatoms. The van der Waals surface area contributed by atoms with Crippen molar-refractivity contribution in [3.63, 3.8) is 0 Å². The average Bonchev–Trinajstić information content (AvgIpc) is 3.56. The Bertz CT molecular complexity index is 1310. The maximum atomic E-state index is 15.0. The van der Waals surface area contributed by atoms with Gasteiger partial charge in [0.1, 0.15) is 16.5 Å². The predicted molar refractivity (Wildman–Crippen MR) is 131 cm³/mol. The van der Waals surface area contributed by atoms with Crippen molar-refractivity contribution >= 4 is 45.1 Å². The molecule has 1 aliphatic carbocycles. The molecule has 1 aliphatic heterocycles. The molecule has 2 aliphatic rings. The van der Waals surface area contributed by atoms with Crippen LogP contribution in [-0.2, 0) is 14.8 Å². The van der Waals surface area contributed by atoms with E-state index < -0.39 is 50.9 Å². The summed E-state index contributed by atoms with van der Waals surface area (Å²) in [5.74, 6) is -3.55. The molecule has 196 valence electrons. The lowest BCUT2D eigenvalue weighted by atomic mass is 9.76. The average molecular weight is 561 g/mol. The summed E-state index contributed by atoms with van der Waals surface area (Å²) in [6.45, 7) is 3.32. The summed E-state index contributed by atoms with van der Waals surface area (Å²) in [6.07, 6.45) is 3.64. The number of carboxylic acids is 1. The zero-order chi connectivity index (χ0) is 26.4. The molecule has 8 nitrogen and oxygen atoms in total. The molecule has 2 aromatic rings. The second-order valence-corrected chi connectivity index (χ2v) is 12.4. The van der Waals surface area contributed by atoms with Gasteiger partial charge in [0, 0.05) is 24.7 Å². The number of nitrogens with one attached hydrogen (secondary N) is 1. The van der Waals surface area contributed by atoms with E-state index >= 15 is 4.39 Å². The van der Waals surface area contributed by atoms with E-state index in [1.165, 1.54) is 19.1 Å². The number of hydrogen-bond donors (Lipinski definition) is 2. The second-order valence-electron chi connectivity index (χ2n) is 9.74. The van der Waals surface area contributed by atoms with E-state index in [9.17, 15) is 18.0 Å². The fraction of sp³-hybridized carbons (Fsp3) is 0.500. The summed E-state index contributed by atoms with van der Waals surface area (Å²) < 4.78 is 47.5. The molecular weight excluding hydrogens is 534 g/mol. The first-order chi connectivity index (χ1) is 16.8. The Morgan fingerprint density at radius 3 is 2.56 bits per heavy atom. The molecule has 0 bridgehead atoms. The van der Waals surface area contributed by atoms with E-state index in [0.29, 0.717) is 0 Å². The summed E-state index contributed by atoms with van der Waals surface area (Å²) >= 11 is 12.6. The Morgan fingerprint density at radius 1 is 1.28 bits per heavy atom. The molecular formula is C24H27Cl2FN2O6S. The number of aryl methyl sites for hydroxylation is 1. The van der Waals surface area contributed by atoms with Crippen molar-refractivity contribution in [2.75, 3.05) is 13.1 Å². The van der Waals surface area contributed by atoms with Crippen LogP contribution in [0.1, 0.15) is 66.9 Å². The van der Waals surface area contributed by atoms with Crippen molar-refractivity contribution in [1.29, 1.82) is 0 Å². The minimum atomic E-state index is -4.08. The lowest BCUT2D eigenvalue weighted by Gasteiger charge is -2.36. The van der Waals surface area contributed by atoms with Gasteiger partial charge in [0.25, 0.3) is 0 Å². The first kappa shape index (κ1) is 26.9. The number of furan rings is 1. The highest BCUT2D eigenvalue weighted by Crippen LogP contribution is 2.50. The third-order valence-corrected chi connectivity index (χ3v) is 10.1. The van der Waals surface area contributed by atoms with Gasteiger partial charge in [-0.25, -0.2) is 17.6 Å². The number of carbonyl (C=O) groups excluding carboxylic acids is 1. The number of aromatic carboxylic acids is 1. The Morgan fingerprint density at radius 2 is 1.94 bits per heavy atom. The van der Waals surface area contributed by atoms with E-state index in [-0.39, 0.29) is 45.8 Å². The van der Waals surface area contributed by atoms with Crippen LogP contribution in [-0.4, -0.2) is 42.8 Å². The molecule has 0 unspecified atom stereocenters. The molecule has 2 heterocycles. The quantitative estimate of drug-likeness (QED) is 0.450. The van der Waals surface area contributed by atoms with Gasteiger partial charge in [-0.3, -0.25) is 4.79 Å². The smallest absolute Gasteiger partial charge is 0.371 e. The van der Waals surface area contributed by atoms with Gasteiger partial charge in [0.05, 0.1) is 22.0 Å². The van der Waals surface area contributed by atoms with Gasteiger partial charge >= 0.3 is 5.97 Å². The first-order valence-electron chi connectivity index (χ1n) is 11.6. The van der Waals surface area contributed by atoms with Gasteiger partial charge in [0.2, 0.25) is 21.7 Å². The molecule has 1 amide bonds. The third kappa shape index (κ3) is 4.88. The zero-order valence-corrected chi connectivity index (χ0v) is 22.1. The van der Waals surface area contributed by atoms with Gasteiger partial charge in [0.15, 0.2) is 0 Å². The topological polar surface area (TPSA) is 117 Å². The Balaban J connectivity index is 1.57. The zero-order valence-electron chi connectivity index (χ0n) is 19.8. The fourth-order valence-electron chi connectivity index (χ4n) is 5.26. The van der Waals surface area contributed by atoms with E-state index in [1.807, 2.05) is 6.92 Å². The van der Waals surface area contributed by atoms with Crippen molar-refractivity contribution in [2.24, 2.45) is 11.3 Å². The number of carboxylic acid groups (broad SMARTS) is 1. The van der Waals surface area contributed by atoms with Crippen LogP contribution in [0.3, 0.4) is 0 Å². The maximum Gasteiger partial charge on any atom is 0.371 e. The SMILES string of the molecule is Cc1oc(C(=O)O)cc1S(=O)(=O)N1CC[C@H](C(=O)N[C@H](c2c(F)ccc(Cl)c2Cl)C2(C)CCCC2)C1. The number of carbonyl (C=O) groups is 2. The summed E-state index contributed by atoms with van der Waals surface area (Å²) in [4.78, 5) is 24.3. The van der Waals surface area contributed by atoms with Crippen LogP contribution in [0.15, 0.2) is 27.5 Å². The summed E-state index contributed by atoms with van der Waals surface area (Å²) in [5.41, 5.74) is -0.310. The Labute approximate surface area is 218 Å². The summed E-state index contributed by atoms with van der Waals surface area (Å²) in [5, 5.41) is 12.3. The van der Waals surface area contributed by atoms with Gasteiger partial charge in [-0.05, 0) is 43.7 Å². The van der Waals surface area contributed by atoms with E-state index in [2.05, 4.69) is 5.32 Å². The van der Waals surface area contributed by atoms with Crippen LogP contribution < -0.4 is 5.32 Å². The van der Waals surface area contributed by atoms with Gasteiger partial charge in [-0.2, -0.15) is 4.31 Å². The predicted octanol–water partition coefficient (Wildman–Crippen LogP) is 5.18. The van der Waals surface area contributed by atoms with Crippen LogP contribution in [0.25, 0.3) is 0 Å². The van der Waals surface area contributed by atoms with Gasteiger partial charge in [-0.1, -0.05) is 43.0 Å². The van der Waals surface area contributed by atoms with Crippen molar-refractivity contribution in [3.05, 3.63) is 51.1 Å². The highest BCUT2D eigenvalue weighted by atomic mass is 35.5. The fourth-order valence-corrected chi connectivity index (χ4v) is 7.35. The minimum absolute atomic E-state index is 0.0411. The standard InChI is InChI=1S/C24H27Cl2FN2O6S/c1-13-18(11-17(35-13)23(31)32)36(33,34)29-10-7-14(12-29)22(30)28-21(24(2)8-3-4-9-24)19-16(27)6-5-15(25)20(19)26/h5-6,11,14,21H,3-4,7-10,12H2,1-2H3,(H,28,30)(H,31,32)/t14-,21+/m0/s1. The number of halogens is 3. The minimum Gasteiger partial charge on any atom is -0.475 e. The van der Waals surface area contributed by atoms with Crippen LogP contribution in [0.5, 0.6) is 0 Å². The highest BCUT2D eigenvalue weighted by Gasteiger charge is 2.44. The summed E-state index contributed by atoms with van der Waals surface area (Å²) in [7, 11) is -4.08. The molecule has 2 N–H and O–H groups in total. The molecule has 0 spiro atoms.